The van der Waals surface area contributed by atoms with Gasteiger partial charge in [-0.15, -0.1) is 10.2 Å². The lowest BCUT2D eigenvalue weighted by Crippen LogP contribution is -2.54. The van der Waals surface area contributed by atoms with Crippen LogP contribution < -0.4 is 28.3 Å². The number of nitrogens with one attached hydrogen (secondary N) is 2. The molecule has 398 valence electrons. The molecule has 4 aromatic rings. The average Bonchev–Trinajstić information content (AvgIpc) is 3.92. The highest BCUT2D eigenvalue weighted by molar-refractivity contribution is 6.31. The highest BCUT2D eigenvalue weighted by atomic mass is 35.5. The third-order valence-corrected chi connectivity index (χ3v) is 12.2. The Kier molecular flexibility index (Phi) is 24.4. The molecule has 0 radical (unpaired) electrons. The Hall–Kier alpha value is -5.59. The van der Waals surface area contributed by atoms with Crippen LogP contribution in [0.25, 0.3) is 11.1 Å². The smallest absolute Gasteiger partial charge is 0.280 e. The number of nitrogen functional groups attached to an aromatic ring is 2. The van der Waals surface area contributed by atoms with Gasteiger partial charge in [-0.1, -0.05) is 65.3 Å². The number of tetrazole rings is 1. The molecule has 0 unspecified atom stereocenters. The van der Waals surface area contributed by atoms with Gasteiger partial charge in [0.1, 0.15) is 36.6 Å². The molecule has 0 saturated carbocycles. The Morgan fingerprint density at radius 3 is 1.81 bits per heavy atom. The van der Waals surface area contributed by atoms with Gasteiger partial charge in [0, 0.05) is 39.1 Å². The van der Waals surface area contributed by atoms with Crippen LogP contribution in [-0.2, 0) is 17.6 Å². The van der Waals surface area contributed by atoms with Crippen LogP contribution in [0.2, 0.25) is 5.15 Å². The number of nitrogens with two attached hydrogens (primary N) is 4. The highest BCUT2D eigenvalue weighted by Gasteiger charge is 2.36. The number of H-pyrrole nitrogens is 1. The van der Waals surface area contributed by atoms with E-state index >= 15 is 0 Å². The summed E-state index contributed by atoms with van der Waals surface area (Å²) in [5, 5.41) is 119. The van der Waals surface area contributed by atoms with Gasteiger partial charge in [-0.05, 0) is 73.7 Å². The fourth-order valence-electron chi connectivity index (χ4n) is 7.64. The maximum atomic E-state index is 14.3. The number of aromatic amines is 1. The maximum absolute atomic E-state index is 14.3. The van der Waals surface area contributed by atoms with Crippen molar-refractivity contribution in [3.8, 4) is 11.1 Å². The van der Waals surface area contributed by atoms with Crippen LogP contribution in [0, 0.1) is 0 Å². The van der Waals surface area contributed by atoms with Gasteiger partial charge in [-0.25, -0.2) is 9.97 Å². The number of guanidine groups is 1. The number of aliphatic hydroxyl groups is 10. The number of unbranched alkanes of at least 4 members (excludes halogenated alkanes) is 2. The Balaban J connectivity index is 1.41. The number of rotatable bonds is 31. The number of carbonyl (C=O) groups excluding carboxylic acids is 2. The van der Waals surface area contributed by atoms with Crippen LogP contribution in [0.15, 0.2) is 53.5 Å². The van der Waals surface area contributed by atoms with Crippen LogP contribution >= 0.6 is 11.6 Å². The number of aryl methyl sites for hydroxylation is 2. The molecule has 4 rings (SSSR count). The topological polar surface area (TPSA) is 452 Å². The molecule has 20 N–H and O–H groups in total. The van der Waals surface area contributed by atoms with Crippen molar-refractivity contribution < 1.29 is 60.7 Å². The monoisotopic (exact) mass is 1030 g/mol. The minimum Gasteiger partial charge on any atom is -0.394 e. The predicted octanol–water partition coefficient (Wildman–Crippen LogP) is -3.65. The van der Waals surface area contributed by atoms with Crippen molar-refractivity contribution >= 4 is 41.0 Å². The minimum absolute atomic E-state index is 0.0221. The van der Waals surface area contributed by atoms with Crippen LogP contribution in [0.1, 0.15) is 72.0 Å². The third kappa shape index (κ3) is 17.9. The van der Waals surface area contributed by atoms with Gasteiger partial charge in [0.2, 0.25) is 5.91 Å². The lowest BCUT2D eigenvalue weighted by molar-refractivity contribution is -0.136. The van der Waals surface area contributed by atoms with Gasteiger partial charge in [0.15, 0.2) is 34.3 Å². The number of benzene rings is 2. The summed E-state index contributed by atoms with van der Waals surface area (Å²) < 4.78 is 0. The maximum Gasteiger partial charge on any atom is 0.280 e. The van der Waals surface area contributed by atoms with Crippen molar-refractivity contribution in [1.82, 2.24) is 45.7 Å². The zero-order valence-electron chi connectivity index (χ0n) is 39.7. The summed E-state index contributed by atoms with van der Waals surface area (Å²) in [7, 11) is 0. The van der Waals surface area contributed by atoms with Crippen LogP contribution in [0.4, 0.5) is 11.6 Å². The van der Waals surface area contributed by atoms with E-state index in [1.54, 1.807) is 0 Å². The second-order valence-electron chi connectivity index (χ2n) is 17.2. The Labute approximate surface area is 420 Å². The summed E-state index contributed by atoms with van der Waals surface area (Å²) in [5.41, 5.74) is 26.6. The van der Waals surface area contributed by atoms with Crippen molar-refractivity contribution in [1.29, 1.82) is 0 Å². The van der Waals surface area contributed by atoms with Gasteiger partial charge in [0.25, 0.3) is 5.91 Å². The van der Waals surface area contributed by atoms with E-state index in [4.69, 9.17) is 34.5 Å². The molecule has 9 atom stereocenters. The molecule has 0 saturated heterocycles. The molecule has 72 heavy (non-hydrogen) atoms. The summed E-state index contributed by atoms with van der Waals surface area (Å²) in [5.74, 6) is -1.25. The summed E-state index contributed by atoms with van der Waals surface area (Å²) in [6.45, 7) is -2.42. The van der Waals surface area contributed by atoms with Crippen LogP contribution in [-0.4, -0.2) is 211 Å². The first-order valence-electron chi connectivity index (χ1n) is 23.4. The predicted molar refractivity (Wildman–Crippen MR) is 263 cm³/mol. The first-order valence-corrected chi connectivity index (χ1v) is 23.8. The quantitative estimate of drug-likeness (QED) is 0.0131. The van der Waals surface area contributed by atoms with Crippen molar-refractivity contribution in [3.63, 3.8) is 0 Å². The van der Waals surface area contributed by atoms with E-state index in [1.165, 1.54) is 9.80 Å². The van der Waals surface area contributed by atoms with E-state index in [0.717, 1.165) is 35.1 Å². The molecule has 0 spiro atoms. The second-order valence-corrected chi connectivity index (χ2v) is 17.6. The summed E-state index contributed by atoms with van der Waals surface area (Å²) in [6.07, 6.45) is -11.0. The zero-order chi connectivity index (χ0) is 52.9. The Morgan fingerprint density at radius 2 is 1.28 bits per heavy atom. The molecule has 0 fully saturated rings. The number of aromatic nitrogens is 6. The fourth-order valence-corrected chi connectivity index (χ4v) is 7.76. The summed E-state index contributed by atoms with van der Waals surface area (Å²) >= 11 is 5.85. The Morgan fingerprint density at radius 1 is 0.722 bits per heavy atom. The second kappa shape index (κ2) is 29.8. The van der Waals surface area contributed by atoms with Crippen molar-refractivity contribution in [3.05, 3.63) is 76.3 Å². The SMILES string of the molecule is NCCCC[C@@H](c1nn[nH]n1)N(CCN(C[C@H](O)[C@@H](O)[C@H](O)[C@H](O)CO)C[C@H](O)[C@@H](O)[C@H](O)[C@H](O)CO)C(=O)CCc1ccc(-c2ccc(CCCCN=C(N)NC(=O)c3nc(Cl)c(N)nc3N)cc2)cc1. The van der Waals surface area contributed by atoms with Gasteiger partial charge >= 0.3 is 0 Å². The lowest BCUT2D eigenvalue weighted by Gasteiger charge is -2.36. The van der Waals surface area contributed by atoms with Crippen LogP contribution in [0.3, 0.4) is 0 Å². The molecule has 2 heterocycles. The standard InChI is InChI=1S/C45H69ClN14O12/c46-40-42(49)53-41(48)35(52-40)44(72)54-45(50)51-18-4-2-5-25-7-12-27(13-8-25)28-14-9-26(10-15-28)11-16-34(67)60(29(6-1-3-17-47)43-55-57-58-56-43)20-19-59(21-30(63)36(68)38(70)32(65)23-61)22-31(64)37(69)39(71)33(66)24-62/h7-10,12-15,29-33,36-39,61-66,68-71H,1-6,11,16-24,47H2,(H4,48,49,53)(H3,50,51,54,72)(H,55,56,57,58)/t29-,30-,31-,32+,33+,36+,37+,38+,39+/m0/s1. The number of hydrogen-bond donors (Lipinski definition) is 16. The largest absolute Gasteiger partial charge is 0.394 e. The average molecular weight is 1030 g/mol. The Bertz CT molecular complexity index is 2240. The fraction of sp³-hybridized carbons (Fsp3) is 0.556. The molecule has 0 aliphatic heterocycles. The van der Waals surface area contributed by atoms with Gasteiger partial charge in [-0.3, -0.25) is 24.8 Å². The number of anilines is 2. The van der Waals surface area contributed by atoms with Crippen molar-refractivity contribution in [2.75, 3.05) is 63.9 Å². The number of aliphatic imine (C=N–C) groups is 1. The van der Waals surface area contributed by atoms with E-state index in [1.807, 2.05) is 48.5 Å². The number of halogens is 1. The van der Waals surface area contributed by atoms with Gasteiger partial charge < -0.3 is 78.9 Å². The van der Waals surface area contributed by atoms with Crippen molar-refractivity contribution in [2.45, 2.75) is 106 Å². The number of amides is 2. The normalized spacial score (nSPS) is 15.8. The van der Waals surface area contributed by atoms with Crippen LogP contribution in [0.5, 0.6) is 0 Å². The number of nitrogens with zero attached hydrogens (tertiary/aromatic N) is 8. The lowest BCUT2D eigenvalue weighted by atomic mass is 9.99. The molecule has 0 aliphatic rings. The molecule has 0 bridgehead atoms. The molecule has 27 heteroatoms. The molecular weight excluding hydrogens is 964 g/mol. The first-order chi connectivity index (χ1) is 34.4. The molecular formula is C45H69ClN14O12. The first kappa shape index (κ1) is 59.0. The molecule has 26 nitrogen and oxygen atoms in total. The summed E-state index contributed by atoms with van der Waals surface area (Å²) in [4.78, 5) is 41.5. The molecule has 0 aliphatic carbocycles. The minimum atomic E-state index is -1.99. The number of aliphatic hydroxyl groups excluding tert-OH is 10. The van der Waals surface area contributed by atoms with E-state index < -0.39 is 87.1 Å². The molecule has 2 aromatic carbocycles. The van der Waals surface area contributed by atoms with E-state index in [2.05, 4.69) is 40.9 Å². The highest BCUT2D eigenvalue weighted by Crippen LogP contribution is 2.26. The molecule has 2 amide bonds. The van der Waals surface area contributed by atoms with Crippen molar-refractivity contribution in [2.24, 2.45) is 16.5 Å². The summed E-state index contributed by atoms with van der Waals surface area (Å²) in [6, 6.07) is 15.1. The molecule has 2 aromatic heterocycles. The zero-order valence-corrected chi connectivity index (χ0v) is 40.4. The third-order valence-electron chi connectivity index (χ3n) is 11.9. The number of hydrogen-bond acceptors (Lipinski definition) is 22. The van der Waals surface area contributed by atoms with E-state index in [-0.39, 0.29) is 59.7 Å². The van der Waals surface area contributed by atoms with E-state index in [9.17, 15) is 60.7 Å². The van der Waals surface area contributed by atoms with Gasteiger partial charge in [-0.2, -0.15) is 5.21 Å². The van der Waals surface area contributed by atoms with E-state index in [0.29, 0.717) is 45.2 Å². The van der Waals surface area contributed by atoms with Gasteiger partial charge in [0.05, 0.1) is 31.5 Å². The number of carbonyl (C=O) groups is 2.